The molecule has 2 fully saturated rings. The Morgan fingerprint density at radius 1 is 1.00 bits per heavy atom. The van der Waals surface area contributed by atoms with E-state index in [1.165, 1.54) is 23.6 Å². The molecule has 0 saturated carbocycles. The van der Waals surface area contributed by atoms with E-state index >= 15 is 0 Å². The summed E-state index contributed by atoms with van der Waals surface area (Å²) < 4.78 is 0. The van der Waals surface area contributed by atoms with Crippen molar-refractivity contribution in [3.05, 3.63) is 48.0 Å². The van der Waals surface area contributed by atoms with Crippen LogP contribution in [0.5, 0.6) is 0 Å². The fourth-order valence-electron chi connectivity index (χ4n) is 4.01. The molecule has 0 radical (unpaired) electrons. The first-order chi connectivity index (χ1) is 10.3. The zero-order valence-electron chi connectivity index (χ0n) is 12.2. The van der Waals surface area contributed by atoms with E-state index < -0.39 is 0 Å². The largest absolute Gasteiger partial charge is 0.311 e. The number of ketones is 1. The molecular weight excluding hydrogens is 258 g/mol. The molecule has 2 heteroatoms. The quantitative estimate of drug-likeness (QED) is 0.932. The van der Waals surface area contributed by atoms with Crippen LogP contribution in [-0.2, 0) is 11.2 Å². The molecule has 4 rings (SSSR count). The van der Waals surface area contributed by atoms with Gasteiger partial charge in [-0.1, -0.05) is 42.5 Å². The van der Waals surface area contributed by atoms with Crippen LogP contribution in [0.25, 0.3) is 10.8 Å². The Morgan fingerprint density at radius 3 is 2.48 bits per heavy atom. The molecule has 0 amide bonds. The van der Waals surface area contributed by atoms with E-state index in [0.29, 0.717) is 24.3 Å². The Labute approximate surface area is 125 Å². The normalized spacial score (nSPS) is 27.9. The molecule has 1 N–H and O–H groups in total. The first-order valence-corrected chi connectivity index (χ1v) is 8.04. The number of benzene rings is 2. The van der Waals surface area contributed by atoms with E-state index in [-0.39, 0.29) is 5.92 Å². The molecule has 2 saturated heterocycles. The zero-order valence-corrected chi connectivity index (χ0v) is 12.2. The Hall–Kier alpha value is -1.67. The van der Waals surface area contributed by atoms with Gasteiger partial charge >= 0.3 is 0 Å². The second kappa shape index (κ2) is 5.27. The van der Waals surface area contributed by atoms with Crippen molar-refractivity contribution in [3.63, 3.8) is 0 Å². The highest BCUT2D eigenvalue weighted by molar-refractivity contribution is 5.87. The van der Waals surface area contributed by atoms with Gasteiger partial charge in [0.15, 0.2) is 0 Å². The maximum absolute atomic E-state index is 12.6. The summed E-state index contributed by atoms with van der Waals surface area (Å²) in [7, 11) is 0. The Balaban J connectivity index is 1.50. The molecule has 2 aromatic carbocycles. The smallest absolute Gasteiger partial charge is 0.140 e. The SMILES string of the molecule is O=C(Cc1ccc2ccccc2c1)C1CC2CCC(C1)N2. The summed E-state index contributed by atoms with van der Waals surface area (Å²) in [6.45, 7) is 0. The van der Waals surface area contributed by atoms with Gasteiger partial charge in [-0.15, -0.1) is 0 Å². The van der Waals surface area contributed by atoms with Gasteiger partial charge in [-0.2, -0.15) is 0 Å². The van der Waals surface area contributed by atoms with Gasteiger partial charge in [0.2, 0.25) is 0 Å². The van der Waals surface area contributed by atoms with E-state index in [2.05, 4.69) is 47.8 Å². The molecule has 0 aromatic heterocycles. The molecule has 2 unspecified atom stereocenters. The third-order valence-electron chi connectivity index (χ3n) is 5.12. The number of carbonyl (C=O) groups excluding carboxylic acids is 1. The number of rotatable bonds is 3. The minimum Gasteiger partial charge on any atom is -0.311 e. The molecule has 2 aliphatic rings. The summed E-state index contributed by atoms with van der Waals surface area (Å²) in [5.74, 6) is 0.707. The third-order valence-corrected chi connectivity index (χ3v) is 5.12. The van der Waals surface area contributed by atoms with Crippen molar-refractivity contribution in [3.8, 4) is 0 Å². The molecule has 0 aliphatic carbocycles. The lowest BCUT2D eigenvalue weighted by atomic mass is 9.86. The Kier molecular flexibility index (Phi) is 3.27. The topological polar surface area (TPSA) is 29.1 Å². The number of nitrogens with one attached hydrogen (secondary N) is 1. The molecule has 2 heterocycles. The molecule has 2 aromatic rings. The minimum atomic E-state index is 0.273. The highest BCUT2D eigenvalue weighted by atomic mass is 16.1. The second-order valence-corrected chi connectivity index (χ2v) is 6.63. The van der Waals surface area contributed by atoms with E-state index in [4.69, 9.17) is 0 Å². The van der Waals surface area contributed by atoms with Crippen LogP contribution in [0.2, 0.25) is 0 Å². The average Bonchev–Trinajstić information content (AvgIpc) is 2.85. The van der Waals surface area contributed by atoms with E-state index in [9.17, 15) is 4.79 Å². The molecule has 21 heavy (non-hydrogen) atoms. The van der Waals surface area contributed by atoms with Crippen LogP contribution in [0.4, 0.5) is 0 Å². The highest BCUT2D eigenvalue weighted by Gasteiger charge is 2.36. The molecule has 2 aliphatic heterocycles. The first-order valence-electron chi connectivity index (χ1n) is 8.04. The zero-order chi connectivity index (χ0) is 14.2. The monoisotopic (exact) mass is 279 g/mol. The highest BCUT2D eigenvalue weighted by Crippen LogP contribution is 2.32. The molecular formula is C19H21NO. The average molecular weight is 279 g/mol. The third kappa shape index (κ3) is 2.60. The van der Waals surface area contributed by atoms with E-state index in [0.717, 1.165) is 18.4 Å². The second-order valence-electron chi connectivity index (χ2n) is 6.63. The summed E-state index contributed by atoms with van der Waals surface area (Å²) in [5.41, 5.74) is 1.16. The van der Waals surface area contributed by atoms with Gasteiger partial charge in [-0.3, -0.25) is 4.79 Å². The molecule has 2 atom stereocenters. The van der Waals surface area contributed by atoms with Crippen LogP contribution in [0.3, 0.4) is 0 Å². The van der Waals surface area contributed by atoms with Crippen molar-refractivity contribution in [1.82, 2.24) is 5.32 Å². The van der Waals surface area contributed by atoms with Crippen molar-refractivity contribution in [1.29, 1.82) is 0 Å². The van der Waals surface area contributed by atoms with Gasteiger partial charge in [0, 0.05) is 24.4 Å². The molecule has 0 spiro atoms. The van der Waals surface area contributed by atoms with Crippen molar-refractivity contribution >= 4 is 16.6 Å². The van der Waals surface area contributed by atoms with Crippen LogP contribution in [0.15, 0.2) is 42.5 Å². The first kappa shape index (κ1) is 13.0. The van der Waals surface area contributed by atoms with E-state index in [1.807, 2.05) is 0 Å². The summed E-state index contributed by atoms with van der Waals surface area (Å²) in [6, 6.07) is 15.9. The number of fused-ring (bicyclic) bond motifs is 3. The number of piperidine rings is 1. The van der Waals surface area contributed by atoms with Crippen LogP contribution in [0, 0.1) is 5.92 Å². The molecule has 108 valence electrons. The van der Waals surface area contributed by atoms with Gasteiger partial charge in [0.05, 0.1) is 0 Å². The van der Waals surface area contributed by atoms with Gasteiger partial charge in [-0.05, 0) is 42.0 Å². The molecule has 2 bridgehead atoms. The Morgan fingerprint density at radius 2 is 1.71 bits per heavy atom. The van der Waals surface area contributed by atoms with Crippen LogP contribution in [-0.4, -0.2) is 17.9 Å². The Bertz CT molecular complexity index is 666. The maximum Gasteiger partial charge on any atom is 0.140 e. The molecule has 2 nitrogen and oxygen atoms in total. The van der Waals surface area contributed by atoms with Gasteiger partial charge < -0.3 is 5.32 Å². The summed E-state index contributed by atoms with van der Waals surface area (Å²) in [6.07, 6.45) is 5.19. The van der Waals surface area contributed by atoms with Gasteiger partial charge in [0.1, 0.15) is 5.78 Å². The maximum atomic E-state index is 12.6. The fraction of sp³-hybridized carbons (Fsp3) is 0.421. The van der Waals surface area contributed by atoms with Crippen molar-refractivity contribution in [2.75, 3.05) is 0 Å². The van der Waals surface area contributed by atoms with Crippen LogP contribution < -0.4 is 5.32 Å². The van der Waals surface area contributed by atoms with Gasteiger partial charge in [-0.25, -0.2) is 0 Å². The van der Waals surface area contributed by atoms with Crippen LogP contribution >= 0.6 is 0 Å². The van der Waals surface area contributed by atoms with Crippen molar-refractivity contribution in [2.24, 2.45) is 5.92 Å². The predicted molar refractivity (Wildman–Crippen MR) is 85.3 cm³/mol. The summed E-state index contributed by atoms with van der Waals surface area (Å²) >= 11 is 0. The standard InChI is InChI=1S/C19H21NO/c21-19(16-11-17-7-8-18(12-16)20-17)10-13-5-6-14-3-1-2-4-15(14)9-13/h1-6,9,16-18,20H,7-8,10-12H2. The van der Waals surface area contributed by atoms with Crippen LogP contribution in [0.1, 0.15) is 31.2 Å². The lowest BCUT2D eigenvalue weighted by molar-refractivity contribution is -0.123. The number of hydrogen-bond donors (Lipinski definition) is 1. The van der Waals surface area contributed by atoms with Crippen molar-refractivity contribution < 1.29 is 4.79 Å². The minimum absolute atomic E-state index is 0.273. The van der Waals surface area contributed by atoms with Gasteiger partial charge in [0.25, 0.3) is 0 Å². The predicted octanol–water partition coefficient (Wildman–Crippen LogP) is 3.48. The number of Topliss-reactive ketones (excluding diaryl/α,β-unsaturated/α-hetero) is 1. The fourth-order valence-corrected chi connectivity index (χ4v) is 4.01. The lowest BCUT2D eigenvalue weighted by Gasteiger charge is -2.28. The number of hydrogen-bond acceptors (Lipinski definition) is 2. The lowest BCUT2D eigenvalue weighted by Crippen LogP contribution is -2.40. The van der Waals surface area contributed by atoms with Crippen molar-refractivity contribution in [2.45, 2.75) is 44.2 Å². The summed E-state index contributed by atoms with van der Waals surface area (Å²) in [5, 5.41) is 6.08. The summed E-state index contributed by atoms with van der Waals surface area (Å²) in [4.78, 5) is 12.6. The van der Waals surface area contributed by atoms with E-state index in [1.54, 1.807) is 0 Å². The number of carbonyl (C=O) groups is 1.